The third-order valence-corrected chi connectivity index (χ3v) is 3.40. The minimum Gasteiger partial charge on any atom is -0.494 e. The van der Waals surface area contributed by atoms with Gasteiger partial charge in [0.25, 0.3) is 0 Å². The van der Waals surface area contributed by atoms with E-state index in [9.17, 15) is 4.79 Å². The molecule has 3 rings (SSSR count). The number of anilines is 1. The van der Waals surface area contributed by atoms with Crippen molar-refractivity contribution < 1.29 is 14.3 Å². The Morgan fingerprint density at radius 3 is 2.62 bits per heavy atom. The molecule has 21 heavy (non-hydrogen) atoms. The minimum atomic E-state index is 0.0459. The van der Waals surface area contributed by atoms with E-state index in [1.165, 1.54) is 0 Å². The Morgan fingerprint density at radius 2 is 1.81 bits per heavy atom. The van der Waals surface area contributed by atoms with Gasteiger partial charge >= 0.3 is 0 Å². The van der Waals surface area contributed by atoms with Crippen LogP contribution in [0.25, 0.3) is 6.08 Å². The second-order valence-electron chi connectivity index (χ2n) is 4.77. The molecule has 0 heterocycles. The first-order chi connectivity index (χ1) is 10.2. The van der Waals surface area contributed by atoms with Gasteiger partial charge in [0, 0.05) is 5.56 Å². The van der Waals surface area contributed by atoms with Crippen molar-refractivity contribution in [2.45, 2.75) is 6.42 Å². The third-order valence-electron chi connectivity index (χ3n) is 3.40. The zero-order chi connectivity index (χ0) is 14.8. The molecule has 0 fully saturated rings. The number of nitrogens with two attached hydrogens (primary N) is 1. The Bertz CT molecular complexity index is 735. The molecule has 2 N–H and O–H groups in total. The maximum absolute atomic E-state index is 12.1. The Balaban J connectivity index is 1.93. The highest BCUT2D eigenvalue weighted by Crippen LogP contribution is 2.34. The van der Waals surface area contributed by atoms with Crippen LogP contribution in [0.15, 0.2) is 48.2 Å². The molecule has 2 aromatic carbocycles. The number of rotatable bonds is 3. The molecular formula is C17H15NO3. The van der Waals surface area contributed by atoms with E-state index in [0.717, 1.165) is 11.1 Å². The lowest BCUT2D eigenvalue weighted by Gasteiger charge is -2.17. The van der Waals surface area contributed by atoms with Gasteiger partial charge in [-0.1, -0.05) is 30.3 Å². The maximum atomic E-state index is 12.1. The predicted molar refractivity (Wildman–Crippen MR) is 81.4 cm³/mol. The van der Waals surface area contributed by atoms with Crippen LogP contribution in [0, 0.1) is 0 Å². The summed E-state index contributed by atoms with van der Waals surface area (Å²) < 4.78 is 11.0. The van der Waals surface area contributed by atoms with E-state index in [4.69, 9.17) is 15.2 Å². The molecule has 0 bridgehead atoms. The number of Topliss-reactive ketones (excluding diaryl/α,β-unsaturated/α-hetero) is 1. The second kappa shape index (κ2) is 5.32. The van der Waals surface area contributed by atoms with Gasteiger partial charge < -0.3 is 15.2 Å². The molecule has 4 nitrogen and oxygen atoms in total. The summed E-state index contributed by atoms with van der Waals surface area (Å²) in [6.45, 7) is 0. The number of hydrogen-bond acceptors (Lipinski definition) is 4. The average molecular weight is 281 g/mol. The molecule has 106 valence electrons. The van der Waals surface area contributed by atoms with Crippen LogP contribution >= 0.6 is 0 Å². The topological polar surface area (TPSA) is 61.5 Å². The molecule has 0 aromatic heterocycles. The quantitative estimate of drug-likeness (QED) is 0.877. The molecule has 4 heteroatoms. The van der Waals surface area contributed by atoms with Crippen molar-refractivity contribution in [1.29, 1.82) is 0 Å². The van der Waals surface area contributed by atoms with Crippen molar-refractivity contribution >= 4 is 17.5 Å². The van der Waals surface area contributed by atoms with E-state index in [0.29, 0.717) is 22.9 Å². The lowest BCUT2D eigenvalue weighted by atomic mass is 9.95. The van der Waals surface area contributed by atoms with Gasteiger partial charge in [0.15, 0.2) is 11.5 Å². The standard InChI is InChI=1S/C17H15NO3/c1-20-15-7-4-8-16(17(15)18)21-12-9-11-5-2-3-6-13(11)14(19)10-12/h2-9H,10,18H2,1H3. The lowest BCUT2D eigenvalue weighted by Crippen LogP contribution is -2.12. The second-order valence-corrected chi connectivity index (χ2v) is 4.77. The molecule has 1 aliphatic rings. The molecule has 0 saturated heterocycles. The first kappa shape index (κ1) is 13.2. The molecule has 1 aliphatic carbocycles. The van der Waals surface area contributed by atoms with Crippen molar-refractivity contribution in [1.82, 2.24) is 0 Å². The number of ketones is 1. The van der Waals surface area contributed by atoms with Crippen LogP contribution in [0.3, 0.4) is 0 Å². The van der Waals surface area contributed by atoms with Crippen molar-refractivity contribution in [3.8, 4) is 11.5 Å². The Kier molecular flexibility index (Phi) is 3.36. The van der Waals surface area contributed by atoms with E-state index < -0.39 is 0 Å². The number of hydrogen-bond donors (Lipinski definition) is 1. The molecule has 0 radical (unpaired) electrons. The summed E-state index contributed by atoms with van der Waals surface area (Å²) in [5.74, 6) is 1.67. The van der Waals surface area contributed by atoms with Gasteiger partial charge in [-0.3, -0.25) is 4.79 Å². The minimum absolute atomic E-state index is 0.0459. The molecular weight excluding hydrogens is 266 g/mol. The summed E-state index contributed by atoms with van der Waals surface area (Å²) in [5, 5.41) is 0. The van der Waals surface area contributed by atoms with Gasteiger partial charge in [-0.25, -0.2) is 0 Å². The van der Waals surface area contributed by atoms with Crippen LogP contribution in [-0.4, -0.2) is 12.9 Å². The molecule has 0 amide bonds. The Hall–Kier alpha value is -2.75. The van der Waals surface area contributed by atoms with Crippen LogP contribution in [-0.2, 0) is 0 Å². The van der Waals surface area contributed by atoms with Crippen LogP contribution in [0.1, 0.15) is 22.3 Å². The highest BCUT2D eigenvalue weighted by molar-refractivity contribution is 6.03. The molecule has 2 aromatic rings. The Morgan fingerprint density at radius 1 is 1.05 bits per heavy atom. The summed E-state index contributed by atoms with van der Waals surface area (Å²) in [7, 11) is 1.55. The van der Waals surface area contributed by atoms with Gasteiger partial charge in [-0.15, -0.1) is 0 Å². The van der Waals surface area contributed by atoms with E-state index in [-0.39, 0.29) is 12.2 Å². The number of carbonyl (C=O) groups excluding carboxylic acids is 1. The Labute approximate surface area is 122 Å². The van der Waals surface area contributed by atoms with Gasteiger partial charge in [-0.05, 0) is 23.8 Å². The van der Waals surface area contributed by atoms with Crippen molar-refractivity contribution in [2.24, 2.45) is 0 Å². The number of nitrogen functional groups attached to an aromatic ring is 1. The summed E-state index contributed by atoms with van der Waals surface area (Å²) in [6.07, 6.45) is 2.10. The number of fused-ring (bicyclic) bond motifs is 1. The SMILES string of the molecule is COc1cccc(OC2=Cc3ccccc3C(=O)C2)c1N. The number of carbonyl (C=O) groups is 1. The maximum Gasteiger partial charge on any atom is 0.171 e. The summed E-state index contributed by atoms with van der Waals surface area (Å²) in [4.78, 5) is 12.1. The largest absolute Gasteiger partial charge is 0.494 e. The lowest BCUT2D eigenvalue weighted by molar-refractivity contribution is 0.0980. The van der Waals surface area contributed by atoms with Gasteiger partial charge in [0.1, 0.15) is 17.2 Å². The summed E-state index contributed by atoms with van der Waals surface area (Å²) in [5.41, 5.74) is 7.99. The summed E-state index contributed by atoms with van der Waals surface area (Å²) >= 11 is 0. The zero-order valence-corrected chi connectivity index (χ0v) is 11.6. The fraction of sp³-hybridized carbons (Fsp3) is 0.118. The zero-order valence-electron chi connectivity index (χ0n) is 11.6. The van der Waals surface area contributed by atoms with Gasteiger partial charge in [0.05, 0.1) is 13.5 Å². The average Bonchev–Trinajstić information content (AvgIpc) is 2.49. The number of methoxy groups -OCH3 is 1. The van der Waals surface area contributed by atoms with Crippen LogP contribution in [0.5, 0.6) is 11.5 Å². The fourth-order valence-electron chi connectivity index (χ4n) is 2.35. The van der Waals surface area contributed by atoms with Gasteiger partial charge in [-0.2, -0.15) is 0 Å². The smallest absolute Gasteiger partial charge is 0.171 e. The molecule has 0 atom stereocenters. The highest BCUT2D eigenvalue weighted by Gasteiger charge is 2.20. The van der Waals surface area contributed by atoms with E-state index in [1.54, 1.807) is 25.3 Å². The third kappa shape index (κ3) is 2.48. The normalized spacial score (nSPS) is 13.4. The van der Waals surface area contributed by atoms with E-state index in [2.05, 4.69) is 0 Å². The van der Waals surface area contributed by atoms with Crippen molar-refractivity contribution in [3.63, 3.8) is 0 Å². The fourth-order valence-corrected chi connectivity index (χ4v) is 2.35. The van der Waals surface area contributed by atoms with Crippen LogP contribution < -0.4 is 15.2 Å². The van der Waals surface area contributed by atoms with E-state index >= 15 is 0 Å². The molecule has 0 spiro atoms. The van der Waals surface area contributed by atoms with E-state index in [1.807, 2.05) is 30.3 Å². The molecule has 0 saturated carbocycles. The predicted octanol–water partition coefficient (Wildman–Crippen LogP) is 3.28. The van der Waals surface area contributed by atoms with Crippen LogP contribution in [0.4, 0.5) is 5.69 Å². The van der Waals surface area contributed by atoms with Crippen molar-refractivity contribution in [2.75, 3.05) is 12.8 Å². The highest BCUT2D eigenvalue weighted by atomic mass is 16.5. The molecule has 0 unspecified atom stereocenters. The summed E-state index contributed by atoms with van der Waals surface area (Å²) in [6, 6.07) is 12.8. The van der Waals surface area contributed by atoms with Crippen LogP contribution in [0.2, 0.25) is 0 Å². The molecule has 0 aliphatic heterocycles. The monoisotopic (exact) mass is 281 g/mol. The number of para-hydroxylation sites is 1. The number of allylic oxidation sites excluding steroid dienone is 1. The first-order valence-corrected chi connectivity index (χ1v) is 6.62. The number of ether oxygens (including phenoxy) is 2. The van der Waals surface area contributed by atoms with Gasteiger partial charge in [0.2, 0.25) is 0 Å². The first-order valence-electron chi connectivity index (χ1n) is 6.62. The number of benzene rings is 2. The van der Waals surface area contributed by atoms with Crippen molar-refractivity contribution in [3.05, 3.63) is 59.4 Å².